The first kappa shape index (κ1) is 18.7. The van der Waals surface area contributed by atoms with E-state index in [-0.39, 0.29) is 11.1 Å². The maximum absolute atomic E-state index is 12.2. The molecule has 4 atom stereocenters. The highest BCUT2D eigenvalue weighted by atomic mass is 16.4. The van der Waals surface area contributed by atoms with Gasteiger partial charge in [0.15, 0.2) is 11.9 Å². The Kier molecular flexibility index (Phi) is 5.33. The Hall–Kier alpha value is -2.59. The first-order valence-electron chi connectivity index (χ1n) is 7.17. The SMILES string of the molecule is Cc1cc2ccc(C(=O)[C@H](O)[C@@H](O)[C@H](O)[C@H](O)C(=O)O)cc2oc1=O. The van der Waals surface area contributed by atoms with Gasteiger partial charge in [-0.05, 0) is 19.1 Å². The third-order valence-corrected chi connectivity index (χ3v) is 3.71. The molecule has 9 heteroatoms. The predicted molar refractivity (Wildman–Crippen MR) is 83.2 cm³/mol. The third-order valence-electron chi connectivity index (χ3n) is 3.71. The second kappa shape index (κ2) is 7.11. The van der Waals surface area contributed by atoms with Crippen LogP contribution in [0.2, 0.25) is 0 Å². The summed E-state index contributed by atoms with van der Waals surface area (Å²) in [4.78, 5) is 34.3. The molecule has 0 bridgehead atoms. The van der Waals surface area contributed by atoms with Crippen LogP contribution < -0.4 is 5.63 Å². The molecule has 2 rings (SSSR count). The van der Waals surface area contributed by atoms with Gasteiger partial charge in [-0.15, -0.1) is 0 Å². The number of Topliss-reactive ketones (excluding diaryl/α,β-unsaturated/α-hetero) is 1. The van der Waals surface area contributed by atoms with Crippen LogP contribution >= 0.6 is 0 Å². The minimum absolute atomic E-state index is 0.0780. The first-order valence-corrected chi connectivity index (χ1v) is 7.17. The third kappa shape index (κ3) is 3.74. The second-order valence-electron chi connectivity index (χ2n) is 5.54. The average Bonchev–Trinajstić information content (AvgIpc) is 2.58. The molecule has 1 heterocycles. The molecule has 0 fully saturated rings. The van der Waals surface area contributed by atoms with Gasteiger partial charge in [0.25, 0.3) is 0 Å². The van der Waals surface area contributed by atoms with Crippen molar-refractivity contribution in [1.82, 2.24) is 0 Å². The standard InChI is InChI=1S/C16H16O9/c1-6-4-7-2-3-8(5-9(7)25-16(6)24)10(17)11(18)12(19)13(20)14(21)15(22)23/h2-5,11-14,18-21H,1H3,(H,22,23)/t11-,12+,13-,14-/m0/s1. The Morgan fingerprint density at radius 2 is 1.60 bits per heavy atom. The molecule has 0 saturated carbocycles. The lowest BCUT2D eigenvalue weighted by Gasteiger charge is -2.23. The van der Waals surface area contributed by atoms with Crippen LogP contribution in [0.25, 0.3) is 11.0 Å². The number of aliphatic carboxylic acids is 1. The molecule has 25 heavy (non-hydrogen) atoms. The number of aryl methyl sites for hydroxylation is 1. The van der Waals surface area contributed by atoms with Crippen LogP contribution in [-0.4, -0.2) is 61.7 Å². The van der Waals surface area contributed by atoms with Crippen LogP contribution in [0.5, 0.6) is 0 Å². The number of aliphatic hydroxyl groups is 4. The largest absolute Gasteiger partial charge is 0.479 e. The van der Waals surface area contributed by atoms with Crippen molar-refractivity contribution in [2.75, 3.05) is 0 Å². The van der Waals surface area contributed by atoms with Crippen LogP contribution in [0.3, 0.4) is 0 Å². The molecule has 0 aliphatic rings. The highest BCUT2D eigenvalue weighted by Gasteiger charge is 2.37. The molecule has 9 nitrogen and oxygen atoms in total. The number of carbonyl (C=O) groups is 2. The van der Waals surface area contributed by atoms with Gasteiger partial charge in [-0.2, -0.15) is 0 Å². The topological polar surface area (TPSA) is 166 Å². The summed E-state index contributed by atoms with van der Waals surface area (Å²) in [5.41, 5.74) is -0.289. The summed E-state index contributed by atoms with van der Waals surface area (Å²) in [6.07, 6.45) is -9.09. The molecule has 1 aromatic heterocycles. The zero-order valence-corrected chi connectivity index (χ0v) is 13.0. The molecule has 0 radical (unpaired) electrons. The number of rotatable bonds is 6. The number of carbonyl (C=O) groups excluding carboxylic acids is 1. The number of ketones is 1. The monoisotopic (exact) mass is 352 g/mol. The van der Waals surface area contributed by atoms with Gasteiger partial charge in [0.05, 0.1) is 0 Å². The lowest BCUT2D eigenvalue weighted by molar-refractivity contribution is -0.161. The van der Waals surface area contributed by atoms with Crippen molar-refractivity contribution in [3.8, 4) is 0 Å². The fraction of sp³-hybridized carbons (Fsp3) is 0.312. The molecule has 0 spiro atoms. The maximum Gasteiger partial charge on any atom is 0.339 e. The molecule has 5 N–H and O–H groups in total. The Morgan fingerprint density at radius 3 is 2.20 bits per heavy atom. The van der Waals surface area contributed by atoms with Gasteiger partial charge in [-0.3, -0.25) is 4.79 Å². The highest BCUT2D eigenvalue weighted by Crippen LogP contribution is 2.18. The van der Waals surface area contributed by atoms with E-state index in [1.54, 1.807) is 13.0 Å². The van der Waals surface area contributed by atoms with E-state index in [1.165, 1.54) is 18.2 Å². The van der Waals surface area contributed by atoms with Gasteiger partial charge in [0, 0.05) is 16.5 Å². The van der Waals surface area contributed by atoms with E-state index in [0.29, 0.717) is 10.9 Å². The minimum Gasteiger partial charge on any atom is -0.479 e. The highest BCUT2D eigenvalue weighted by molar-refractivity contribution is 6.02. The summed E-state index contributed by atoms with van der Waals surface area (Å²) in [7, 11) is 0. The fourth-order valence-electron chi connectivity index (χ4n) is 2.21. The minimum atomic E-state index is -2.38. The Balaban J connectivity index is 2.30. The summed E-state index contributed by atoms with van der Waals surface area (Å²) >= 11 is 0. The number of carboxylic acid groups (broad SMARTS) is 1. The van der Waals surface area contributed by atoms with Crippen LogP contribution in [0.1, 0.15) is 15.9 Å². The molecule has 0 unspecified atom stereocenters. The van der Waals surface area contributed by atoms with E-state index in [0.717, 1.165) is 0 Å². The second-order valence-corrected chi connectivity index (χ2v) is 5.54. The zero-order chi connectivity index (χ0) is 18.9. The smallest absolute Gasteiger partial charge is 0.339 e. The van der Waals surface area contributed by atoms with Crippen molar-refractivity contribution >= 4 is 22.7 Å². The van der Waals surface area contributed by atoms with Crippen molar-refractivity contribution in [1.29, 1.82) is 0 Å². The van der Waals surface area contributed by atoms with Crippen LogP contribution in [0.15, 0.2) is 33.5 Å². The zero-order valence-electron chi connectivity index (χ0n) is 13.0. The molecule has 0 aliphatic heterocycles. The molecule has 1 aromatic carbocycles. The average molecular weight is 352 g/mol. The van der Waals surface area contributed by atoms with Crippen LogP contribution in [0.4, 0.5) is 0 Å². The van der Waals surface area contributed by atoms with Gasteiger partial charge in [0.1, 0.15) is 23.9 Å². The molecule has 0 saturated heterocycles. The number of fused-ring (bicyclic) bond motifs is 1. The summed E-state index contributed by atoms with van der Waals surface area (Å²) in [5.74, 6) is -2.87. The van der Waals surface area contributed by atoms with E-state index >= 15 is 0 Å². The summed E-state index contributed by atoms with van der Waals surface area (Å²) in [6.45, 7) is 1.56. The quantitative estimate of drug-likeness (QED) is 0.317. The van der Waals surface area contributed by atoms with Gasteiger partial charge in [-0.1, -0.05) is 12.1 Å². The Morgan fingerprint density at radius 1 is 1.00 bits per heavy atom. The van der Waals surface area contributed by atoms with Crippen molar-refractivity contribution < 1.29 is 39.5 Å². The number of aliphatic hydroxyl groups excluding tert-OH is 4. The molecule has 134 valence electrons. The van der Waals surface area contributed by atoms with Crippen LogP contribution in [-0.2, 0) is 4.79 Å². The summed E-state index contributed by atoms with van der Waals surface area (Å²) in [6, 6.07) is 5.49. The Labute approximate surface area is 140 Å². The fourth-order valence-corrected chi connectivity index (χ4v) is 2.21. The molecule has 0 aliphatic carbocycles. The summed E-state index contributed by atoms with van der Waals surface area (Å²) < 4.78 is 5.02. The number of hydrogen-bond donors (Lipinski definition) is 5. The lowest BCUT2D eigenvalue weighted by atomic mass is 9.96. The van der Waals surface area contributed by atoms with Crippen molar-refractivity contribution in [2.45, 2.75) is 31.3 Å². The van der Waals surface area contributed by atoms with E-state index in [9.17, 15) is 34.8 Å². The summed E-state index contributed by atoms with van der Waals surface area (Å²) in [5, 5.41) is 47.4. The maximum atomic E-state index is 12.2. The van der Waals surface area contributed by atoms with Crippen molar-refractivity contribution in [2.24, 2.45) is 0 Å². The number of hydrogen-bond acceptors (Lipinski definition) is 8. The van der Waals surface area contributed by atoms with Gasteiger partial charge in [0.2, 0.25) is 0 Å². The molecular weight excluding hydrogens is 336 g/mol. The van der Waals surface area contributed by atoms with Gasteiger partial charge in [-0.25, -0.2) is 9.59 Å². The van der Waals surface area contributed by atoms with E-state index in [1.807, 2.05) is 0 Å². The van der Waals surface area contributed by atoms with Crippen LogP contribution in [0, 0.1) is 6.92 Å². The molecule has 0 amide bonds. The van der Waals surface area contributed by atoms with Gasteiger partial charge >= 0.3 is 11.6 Å². The number of carboxylic acids is 1. The van der Waals surface area contributed by atoms with E-state index in [4.69, 9.17) is 9.52 Å². The normalized spacial score (nSPS) is 16.2. The lowest BCUT2D eigenvalue weighted by Crippen LogP contribution is -2.50. The molecule has 2 aromatic rings. The van der Waals surface area contributed by atoms with Crippen molar-refractivity contribution in [3.63, 3.8) is 0 Å². The first-order chi connectivity index (χ1) is 11.6. The van der Waals surface area contributed by atoms with Gasteiger partial charge < -0.3 is 29.9 Å². The van der Waals surface area contributed by atoms with E-state index in [2.05, 4.69) is 0 Å². The molecular formula is C16H16O9. The number of benzene rings is 1. The van der Waals surface area contributed by atoms with E-state index < -0.39 is 41.8 Å². The van der Waals surface area contributed by atoms with Crippen molar-refractivity contribution in [3.05, 3.63) is 45.8 Å². The Bertz CT molecular complexity index is 870. The predicted octanol–water partition coefficient (Wildman–Crippen LogP) is -1.19.